The van der Waals surface area contributed by atoms with Crippen LogP contribution >= 0.6 is 0 Å². The maximum Gasteiger partial charge on any atom is 0.135 e. The number of rotatable bonds is 7. The van der Waals surface area contributed by atoms with Crippen LogP contribution in [0.4, 0.5) is 0 Å². The van der Waals surface area contributed by atoms with Crippen molar-refractivity contribution < 1.29 is 14.3 Å². The van der Waals surface area contributed by atoms with Crippen LogP contribution in [0.5, 0.6) is 5.75 Å². The Kier molecular flexibility index (Phi) is 5.73. The van der Waals surface area contributed by atoms with E-state index >= 15 is 0 Å². The highest BCUT2D eigenvalue weighted by Gasteiger charge is 2.23. The van der Waals surface area contributed by atoms with Crippen molar-refractivity contribution in [1.29, 1.82) is 0 Å². The second kappa shape index (κ2) is 7.76. The van der Waals surface area contributed by atoms with Crippen molar-refractivity contribution in [3.63, 3.8) is 0 Å². The van der Waals surface area contributed by atoms with Gasteiger partial charge in [0, 0.05) is 5.92 Å². The number of carbonyl (C=O) groups is 1. The molecular formula is C19H22O3. The van der Waals surface area contributed by atoms with Gasteiger partial charge in [-0.25, -0.2) is 0 Å². The lowest BCUT2D eigenvalue weighted by molar-refractivity contribution is -0.126. The molecule has 2 aromatic carbocycles. The van der Waals surface area contributed by atoms with Crippen LogP contribution in [0.25, 0.3) is 0 Å². The van der Waals surface area contributed by atoms with Gasteiger partial charge in [0.25, 0.3) is 0 Å². The lowest BCUT2D eigenvalue weighted by atomic mass is 9.94. The number of carbonyl (C=O) groups excluding carboxylic acids is 1. The fourth-order valence-corrected chi connectivity index (χ4v) is 2.29. The third-order valence-corrected chi connectivity index (χ3v) is 3.81. The average Bonchev–Trinajstić information content (AvgIpc) is 2.56. The summed E-state index contributed by atoms with van der Waals surface area (Å²) in [6.45, 7) is 3.98. The van der Waals surface area contributed by atoms with E-state index < -0.39 is 0 Å². The summed E-state index contributed by atoms with van der Waals surface area (Å²) in [6, 6.07) is 17.6. The summed E-state index contributed by atoms with van der Waals surface area (Å²) < 4.78 is 11.2. The van der Waals surface area contributed by atoms with Crippen molar-refractivity contribution in [3.8, 4) is 5.75 Å². The van der Waals surface area contributed by atoms with E-state index in [2.05, 4.69) is 0 Å². The van der Waals surface area contributed by atoms with Gasteiger partial charge in [0.15, 0.2) is 0 Å². The Morgan fingerprint density at radius 3 is 2.23 bits per heavy atom. The van der Waals surface area contributed by atoms with Crippen LogP contribution in [0, 0.1) is 5.92 Å². The SMILES string of the molecule is COc1ccc(CO[C@@H](c2ccccc2)[C@@H](C)C(C)=O)cc1. The van der Waals surface area contributed by atoms with Gasteiger partial charge >= 0.3 is 0 Å². The molecule has 2 rings (SSSR count). The van der Waals surface area contributed by atoms with Crippen molar-refractivity contribution in [2.75, 3.05) is 7.11 Å². The number of ether oxygens (including phenoxy) is 2. The first kappa shape index (κ1) is 16.2. The molecule has 3 nitrogen and oxygen atoms in total. The zero-order valence-corrected chi connectivity index (χ0v) is 13.3. The number of hydrogen-bond donors (Lipinski definition) is 0. The standard InChI is InChI=1S/C19H22O3/c1-14(15(2)20)19(17-7-5-4-6-8-17)22-13-16-9-11-18(21-3)12-10-16/h4-12,14,19H,13H2,1-3H3/t14-,19+/m0/s1. The van der Waals surface area contributed by atoms with Gasteiger partial charge in [-0.2, -0.15) is 0 Å². The molecule has 0 saturated heterocycles. The Morgan fingerprint density at radius 2 is 1.68 bits per heavy atom. The van der Waals surface area contributed by atoms with E-state index in [1.807, 2.05) is 61.5 Å². The molecule has 0 fully saturated rings. The van der Waals surface area contributed by atoms with Crippen LogP contribution in [0.15, 0.2) is 54.6 Å². The minimum atomic E-state index is -0.235. The highest BCUT2D eigenvalue weighted by molar-refractivity contribution is 5.78. The summed E-state index contributed by atoms with van der Waals surface area (Å²) in [6.07, 6.45) is -0.235. The zero-order valence-electron chi connectivity index (χ0n) is 13.3. The largest absolute Gasteiger partial charge is 0.497 e. The van der Waals surface area contributed by atoms with Crippen LogP contribution in [0.3, 0.4) is 0 Å². The first-order valence-electron chi connectivity index (χ1n) is 7.41. The maximum absolute atomic E-state index is 11.8. The van der Waals surface area contributed by atoms with Crippen molar-refractivity contribution in [2.24, 2.45) is 5.92 Å². The van der Waals surface area contributed by atoms with Crippen LogP contribution < -0.4 is 4.74 Å². The van der Waals surface area contributed by atoms with Crippen LogP contribution in [0.2, 0.25) is 0 Å². The topological polar surface area (TPSA) is 35.5 Å². The molecule has 0 amide bonds. The molecule has 0 spiro atoms. The second-order valence-electron chi connectivity index (χ2n) is 5.39. The summed E-state index contributed by atoms with van der Waals surface area (Å²) in [4.78, 5) is 11.8. The molecule has 2 aromatic rings. The first-order chi connectivity index (χ1) is 10.6. The number of benzene rings is 2. The van der Waals surface area contributed by atoms with Gasteiger partial charge in [-0.15, -0.1) is 0 Å². The minimum absolute atomic E-state index is 0.128. The lowest BCUT2D eigenvalue weighted by Gasteiger charge is -2.23. The molecule has 0 aliphatic heterocycles. The van der Waals surface area contributed by atoms with Gasteiger partial charge in [0.05, 0.1) is 19.8 Å². The predicted octanol–water partition coefficient (Wildman–Crippen LogP) is 4.18. The van der Waals surface area contributed by atoms with Crippen LogP contribution in [-0.2, 0) is 16.1 Å². The van der Waals surface area contributed by atoms with Crippen LogP contribution in [-0.4, -0.2) is 12.9 Å². The summed E-state index contributed by atoms with van der Waals surface area (Å²) in [5.41, 5.74) is 2.08. The normalized spacial score (nSPS) is 13.4. The molecule has 116 valence electrons. The van der Waals surface area contributed by atoms with Crippen LogP contribution in [0.1, 0.15) is 31.1 Å². The molecule has 3 heteroatoms. The van der Waals surface area contributed by atoms with Gasteiger partial charge in [0.1, 0.15) is 11.5 Å². The Labute approximate surface area is 131 Å². The average molecular weight is 298 g/mol. The minimum Gasteiger partial charge on any atom is -0.497 e. The van der Waals surface area contributed by atoms with E-state index in [1.165, 1.54) is 0 Å². The second-order valence-corrected chi connectivity index (χ2v) is 5.39. The van der Waals surface area contributed by atoms with Crippen molar-refractivity contribution in [1.82, 2.24) is 0 Å². The maximum atomic E-state index is 11.8. The number of Topliss-reactive ketones (excluding diaryl/α,β-unsaturated/α-hetero) is 1. The number of methoxy groups -OCH3 is 1. The Bertz CT molecular complexity index is 590. The molecule has 0 unspecified atom stereocenters. The molecule has 0 N–H and O–H groups in total. The van der Waals surface area contributed by atoms with E-state index in [-0.39, 0.29) is 17.8 Å². The first-order valence-corrected chi connectivity index (χ1v) is 7.41. The molecule has 0 aliphatic rings. The predicted molar refractivity (Wildman–Crippen MR) is 86.8 cm³/mol. The number of hydrogen-bond acceptors (Lipinski definition) is 3. The van der Waals surface area contributed by atoms with E-state index in [0.29, 0.717) is 6.61 Å². The van der Waals surface area contributed by atoms with Gasteiger partial charge < -0.3 is 9.47 Å². The summed E-state index contributed by atoms with van der Waals surface area (Å²) in [5, 5.41) is 0. The van der Waals surface area contributed by atoms with Gasteiger partial charge in [0.2, 0.25) is 0 Å². The van der Waals surface area contributed by atoms with Crippen molar-refractivity contribution in [3.05, 3.63) is 65.7 Å². The molecule has 0 heterocycles. The Hall–Kier alpha value is -2.13. The quantitative estimate of drug-likeness (QED) is 0.769. The van der Waals surface area contributed by atoms with E-state index in [0.717, 1.165) is 16.9 Å². The van der Waals surface area contributed by atoms with Crippen molar-refractivity contribution in [2.45, 2.75) is 26.6 Å². The van der Waals surface area contributed by atoms with Gasteiger partial charge in [-0.1, -0.05) is 49.4 Å². The highest BCUT2D eigenvalue weighted by Crippen LogP contribution is 2.28. The van der Waals surface area contributed by atoms with Crippen molar-refractivity contribution >= 4 is 5.78 Å². The fraction of sp³-hybridized carbons (Fsp3) is 0.316. The molecule has 0 bridgehead atoms. The smallest absolute Gasteiger partial charge is 0.135 e. The zero-order chi connectivity index (χ0) is 15.9. The Balaban J connectivity index is 2.11. The molecule has 0 aliphatic carbocycles. The summed E-state index contributed by atoms with van der Waals surface area (Å²) >= 11 is 0. The molecule has 22 heavy (non-hydrogen) atoms. The van der Waals surface area contributed by atoms with E-state index in [9.17, 15) is 4.79 Å². The highest BCUT2D eigenvalue weighted by atomic mass is 16.5. The summed E-state index contributed by atoms with van der Waals surface area (Å²) in [7, 11) is 1.64. The van der Waals surface area contributed by atoms with E-state index in [1.54, 1.807) is 14.0 Å². The molecule has 0 radical (unpaired) electrons. The van der Waals surface area contributed by atoms with E-state index in [4.69, 9.17) is 9.47 Å². The summed E-state index contributed by atoms with van der Waals surface area (Å²) in [5.74, 6) is 0.768. The fourth-order valence-electron chi connectivity index (χ4n) is 2.29. The molecule has 2 atom stereocenters. The molecule has 0 aromatic heterocycles. The monoisotopic (exact) mass is 298 g/mol. The lowest BCUT2D eigenvalue weighted by Crippen LogP contribution is -2.19. The van der Waals surface area contributed by atoms with Gasteiger partial charge in [-0.3, -0.25) is 4.79 Å². The third kappa shape index (κ3) is 4.18. The molecular weight excluding hydrogens is 276 g/mol. The van der Waals surface area contributed by atoms with Gasteiger partial charge in [-0.05, 0) is 30.2 Å². The Morgan fingerprint density at radius 1 is 1.05 bits per heavy atom. The third-order valence-electron chi connectivity index (χ3n) is 3.81. The molecule has 0 saturated carbocycles. The number of ketones is 1.